The molecular formula is C13H11N3O. The molecule has 4 heteroatoms. The van der Waals surface area contributed by atoms with Gasteiger partial charge in [-0.3, -0.25) is 4.79 Å². The summed E-state index contributed by atoms with van der Waals surface area (Å²) in [5.74, 6) is 0. The molecule has 3 rings (SSSR count). The summed E-state index contributed by atoms with van der Waals surface area (Å²) in [6.45, 7) is 3.79. The molecule has 1 aromatic carbocycles. The molecule has 0 bridgehead atoms. The maximum absolute atomic E-state index is 12.4. The fraction of sp³-hybridized carbons (Fsp3) is 0.154. The summed E-state index contributed by atoms with van der Waals surface area (Å²) in [5.41, 5.74) is 3.18. The van der Waals surface area contributed by atoms with E-state index in [1.54, 1.807) is 0 Å². The van der Waals surface area contributed by atoms with E-state index in [1.165, 1.54) is 6.33 Å². The van der Waals surface area contributed by atoms with Crippen LogP contribution >= 0.6 is 0 Å². The van der Waals surface area contributed by atoms with E-state index < -0.39 is 0 Å². The topological polar surface area (TPSA) is 58.6 Å². The van der Waals surface area contributed by atoms with Gasteiger partial charge in [-0.1, -0.05) is 11.6 Å². The van der Waals surface area contributed by atoms with Crippen molar-refractivity contribution in [1.29, 1.82) is 0 Å². The Morgan fingerprint density at radius 3 is 2.82 bits per heavy atom. The average Bonchev–Trinajstić information content (AvgIpc) is 2.30. The minimum Gasteiger partial charge on any atom is -0.339 e. The molecule has 0 unspecified atom stereocenters. The van der Waals surface area contributed by atoms with Crippen LogP contribution in [-0.4, -0.2) is 15.0 Å². The van der Waals surface area contributed by atoms with Gasteiger partial charge in [0.05, 0.1) is 16.6 Å². The minimum absolute atomic E-state index is 0.00412. The van der Waals surface area contributed by atoms with Gasteiger partial charge in [-0.15, -0.1) is 0 Å². The molecule has 0 radical (unpaired) electrons. The number of fused-ring (bicyclic) bond motifs is 2. The minimum atomic E-state index is -0.00412. The molecule has 0 spiro atoms. The van der Waals surface area contributed by atoms with Crippen LogP contribution in [0.15, 0.2) is 29.3 Å². The highest BCUT2D eigenvalue weighted by Crippen LogP contribution is 2.15. The maximum Gasteiger partial charge on any atom is 0.200 e. The lowest BCUT2D eigenvalue weighted by atomic mass is 10.1. The largest absolute Gasteiger partial charge is 0.339 e. The van der Waals surface area contributed by atoms with Crippen LogP contribution in [0.25, 0.3) is 21.9 Å². The molecule has 0 aliphatic heterocycles. The Morgan fingerprint density at radius 2 is 2.00 bits per heavy atom. The standard InChI is InChI=1S/C13H11N3O/c1-7-3-4-10-9(5-7)12(17)11-8(2)14-6-15-13(11)16-10/h3-6H,1-2H3,(H,14,15,16,17). The molecule has 4 nitrogen and oxygen atoms in total. The van der Waals surface area contributed by atoms with Crippen molar-refractivity contribution in [3.05, 3.63) is 46.0 Å². The average molecular weight is 225 g/mol. The van der Waals surface area contributed by atoms with E-state index >= 15 is 0 Å². The van der Waals surface area contributed by atoms with Crippen molar-refractivity contribution in [1.82, 2.24) is 15.0 Å². The normalized spacial score (nSPS) is 11.2. The Kier molecular flexibility index (Phi) is 1.98. The molecule has 0 saturated heterocycles. The molecule has 1 N–H and O–H groups in total. The number of benzene rings is 1. The van der Waals surface area contributed by atoms with Gasteiger partial charge in [0.25, 0.3) is 0 Å². The van der Waals surface area contributed by atoms with E-state index in [4.69, 9.17) is 0 Å². The zero-order valence-electron chi connectivity index (χ0n) is 9.61. The summed E-state index contributed by atoms with van der Waals surface area (Å²) in [5, 5.41) is 1.26. The van der Waals surface area contributed by atoms with Crippen molar-refractivity contribution >= 4 is 21.9 Å². The summed E-state index contributed by atoms with van der Waals surface area (Å²) in [6, 6.07) is 5.77. The van der Waals surface area contributed by atoms with Gasteiger partial charge in [0.15, 0.2) is 0 Å². The van der Waals surface area contributed by atoms with Gasteiger partial charge < -0.3 is 4.98 Å². The molecule has 0 aliphatic rings. The predicted molar refractivity (Wildman–Crippen MR) is 67.1 cm³/mol. The summed E-state index contributed by atoms with van der Waals surface area (Å²) in [7, 11) is 0. The Hall–Kier alpha value is -2.23. The molecule has 0 amide bonds. The Balaban J connectivity index is 2.63. The lowest BCUT2D eigenvalue weighted by molar-refractivity contribution is 1.13. The van der Waals surface area contributed by atoms with E-state index in [0.717, 1.165) is 11.1 Å². The Bertz CT molecular complexity index is 790. The highest BCUT2D eigenvalue weighted by Gasteiger charge is 2.08. The second kappa shape index (κ2) is 3.38. The van der Waals surface area contributed by atoms with Crippen molar-refractivity contribution in [2.24, 2.45) is 0 Å². The van der Waals surface area contributed by atoms with Gasteiger partial charge in [-0.05, 0) is 26.0 Å². The smallest absolute Gasteiger partial charge is 0.200 e. The lowest BCUT2D eigenvalue weighted by Crippen LogP contribution is -2.08. The van der Waals surface area contributed by atoms with Crippen molar-refractivity contribution < 1.29 is 0 Å². The van der Waals surface area contributed by atoms with E-state index in [-0.39, 0.29) is 5.43 Å². The SMILES string of the molecule is Cc1ccc2[nH]c3ncnc(C)c3c(=O)c2c1. The number of pyridine rings is 1. The molecule has 0 aliphatic carbocycles. The number of rotatable bonds is 0. The van der Waals surface area contributed by atoms with Crippen LogP contribution in [0.1, 0.15) is 11.3 Å². The molecule has 0 fully saturated rings. The van der Waals surface area contributed by atoms with Crippen LogP contribution in [0, 0.1) is 13.8 Å². The first-order valence-corrected chi connectivity index (χ1v) is 5.41. The number of nitrogens with zero attached hydrogens (tertiary/aromatic N) is 2. The molecule has 0 saturated carbocycles. The fourth-order valence-corrected chi connectivity index (χ4v) is 2.06. The Morgan fingerprint density at radius 1 is 1.18 bits per heavy atom. The third-order valence-corrected chi connectivity index (χ3v) is 2.94. The first-order chi connectivity index (χ1) is 8.16. The van der Waals surface area contributed by atoms with E-state index in [1.807, 2.05) is 32.0 Å². The van der Waals surface area contributed by atoms with Gasteiger partial charge in [-0.2, -0.15) is 0 Å². The molecule has 3 aromatic rings. The van der Waals surface area contributed by atoms with Gasteiger partial charge >= 0.3 is 0 Å². The molecular weight excluding hydrogens is 214 g/mol. The molecule has 84 valence electrons. The van der Waals surface area contributed by atoms with Gasteiger partial charge in [0.1, 0.15) is 12.0 Å². The first kappa shape index (κ1) is 9.96. The summed E-state index contributed by atoms with van der Waals surface area (Å²) >= 11 is 0. The number of H-pyrrole nitrogens is 1. The number of hydrogen-bond donors (Lipinski definition) is 1. The predicted octanol–water partition coefficient (Wildman–Crippen LogP) is 2.09. The summed E-state index contributed by atoms with van der Waals surface area (Å²) in [4.78, 5) is 23.7. The van der Waals surface area contributed by atoms with Crippen molar-refractivity contribution in [2.75, 3.05) is 0 Å². The van der Waals surface area contributed by atoms with Crippen molar-refractivity contribution in [2.45, 2.75) is 13.8 Å². The number of nitrogens with one attached hydrogen (secondary N) is 1. The maximum atomic E-state index is 12.4. The molecule has 2 heterocycles. The molecule has 0 atom stereocenters. The van der Waals surface area contributed by atoms with Gasteiger partial charge in [0.2, 0.25) is 5.43 Å². The number of aryl methyl sites for hydroxylation is 2. The van der Waals surface area contributed by atoms with E-state index in [0.29, 0.717) is 22.1 Å². The van der Waals surface area contributed by atoms with Crippen LogP contribution in [-0.2, 0) is 0 Å². The molecule has 2 aromatic heterocycles. The van der Waals surface area contributed by atoms with Gasteiger partial charge in [-0.25, -0.2) is 9.97 Å². The van der Waals surface area contributed by atoms with Crippen molar-refractivity contribution in [3.8, 4) is 0 Å². The van der Waals surface area contributed by atoms with Crippen LogP contribution in [0.5, 0.6) is 0 Å². The number of hydrogen-bond acceptors (Lipinski definition) is 3. The number of aromatic nitrogens is 3. The highest BCUT2D eigenvalue weighted by molar-refractivity contribution is 5.91. The third-order valence-electron chi connectivity index (χ3n) is 2.94. The van der Waals surface area contributed by atoms with Crippen LogP contribution in [0.4, 0.5) is 0 Å². The monoisotopic (exact) mass is 225 g/mol. The zero-order valence-corrected chi connectivity index (χ0v) is 9.61. The van der Waals surface area contributed by atoms with Crippen molar-refractivity contribution in [3.63, 3.8) is 0 Å². The van der Waals surface area contributed by atoms with Crippen LogP contribution in [0.3, 0.4) is 0 Å². The second-order valence-corrected chi connectivity index (χ2v) is 4.19. The fourth-order valence-electron chi connectivity index (χ4n) is 2.06. The lowest BCUT2D eigenvalue weighted by Gasteiger charge is -2.04. The first-order valence-electron chi connectivity index (χ1n) is 5.41. The summed E-state index contributed by atoms with van der Waals surface area (Å²) < 4.78 is 0. The van der Waals surface area contributed by atoms with Crippen LogP contribution < -0.4 is 5.43 Å². The Labute approximate surface area is 97.3 Å². The third kappa shape index (κ3) is 1.41. The second-order valence-electron chi connectivity index (χ2n) is 4.19. The quantitative estimate of drug-likeness (QED) is 0.596. The van der Waals surface area contributed by atoms with Crippen LogP contribution in [0.2, 0.25) is 0 Å². The molecule has 17 heavy (non-hydrogen) atoms. The zero-order chi connectivity index (χ0) is 12.0. The number of aromatic amines is 1. The van der Waals surface area contributed by atoms with Gasteiger partial charge in [0, 0.05) is 5.39 Å². The van der Waals surface area contributed by atoms with E-state index in [2.05, 4.69) is 15.0 Å². The highest BCUT2D eigenvalue weighted by atomic mass is 16.1. The summed E-state index contributed by atoms with van der Waals surface area (Å²) in [6.07, 6.45) is 1.47. The van der Waals surface area contributed by atoms with E-state index in [9.17, 15) is 4.79 Å².